The van der Waals surface area contributed by atoms with Gasteiger partial charge in [0.1, 0.15) is 17.6 Å². The minimum absolute atomic E-state index is 0.691. The van der Waals surface area contributed by atoms with Crippen LogP contribution in [0.4, 0.5) is 0 Å². The second kappa shape index (κ2) is 5.27. The first-order valence-electron chi connectivity index (χ1n) is 6.06. The van der Waals surface area contributed by atoms with Gasteiger partial charge >= 0.3 is 0 Å². The molecule has 0 saturated heterocycles. The molecule has 96 valence electrons. The van der Waals surface area contributed by atoms with Gasteiger partial charge in [-0.1, -0.05) is 18.6 Å². The van der Waals surface area contributed by atoms with E-state index in [4.69, 9.17) is 9.15 Å². The van der Waals surface area contributed by atoms with Gasteiger partial charge in [-0.05, 0) is 25.1 Å². The Balaban J connectivity index is 2.45. The Kier molecular flexibility index (Phi) is 3.72. The van der Waals surface area contributed by atoms with Crippen LogP contribution in [-0.4, -0.2) is 12.2 Å². The minimum Gasteiger partial charge on any atom is -0.496 e. The molecule has 0 aliphatic heterocycles. The van der Waals surface area contributed by atoms with Crippen molar-refractivity contribution < 1.29 is 14.3 Å². The molecule has 0 aliphatic carbocycles. The maximum atomic E-state index is 10.5. The van der Waals surface area contributed by atoms with Gasteiger partial charge in [-0.3, -0.25) is 0 Å². The van der Waals surface area contributed by atoms with Crippen LogP contribution in [0.1, 0.15) is 35.5 Å². The molecule has 1 N–H and O–H groups in total. The van der Waals surface area contributed by atoms with Crippen molar-refractivity contribution in [2.24, 2.45) is 0 Å². The van der Waals surface area contributed by atoms with E-state index in [2.05, 4.69) is 0 Å². The van der Waals surface area contributed by atoms with Crippen LogP contribution >= 0.6 is 0 Å². The molecule has 0 aliphatic rings. The van der Waals surface area contributed by atoms with E-state index in [1.165, 1.54) is 0 Å². The maximum absolute atomic E-state index is 10.5. The summed E-state index contributed by atoms with van der Waals surface area (Å²) in [5, 5.41) is 10.5. The summed E-state index contributed by atoms with van der Waals surface area (Å²) in [5.41, 5.74) is 2.67. The van der Waals surface area contributed by atoms with Crippen LogP contribution < -0.4 is 4.74 Å². The zero-order valence-corrected chi connectivity index (χ0v) is 10.9. The topological polar surface area (TPSA) is 42.6 Å². The van der Waals surface area contributed by atoms with Crippen molar-refractivity contribution in [2.45, 2.75) is 26.4 Å². The van der Waals surface area contributed by atoms with Gasteiger partial charge in [0.15, 0.2) is 0 Å². The molecule has 3 heteroatoms. The standard InChI is InChI=1S/C15H18O3/c1-4-13-11(7-8-18-13)15(16)12-9-10(2)5-6-14(12)17-3/h5-9,15-16H,4H2,1-3H3. The molecule has 2 aromatic rings. The molecule has 0 bridgehead atoms. The zero-order valence-electron chi connectivity index (χ0n) is 10.9. The summed E-state index contributed by atoms with van der Waals surface area (Å²) in [7, 11) is 1.61. The Morgan fingerprint density at radius 1 is 1.28 bits per heavy atom. The summed E-state index contributed by atoms with van der Waals surface area (Å²) in [6.07, 6.45) is 1.65. The van der Waals surface area contributed by atoms with Crippen LogP contribution in [0.15, 0.2) is 34.9 Å². The maximum Gasteiger partial charge on any atom is 0.125 e. The molecule has 1 aromatic carbocycles. The summed E-state index contributed by atoms with van der Waals surface area (Å²) in [4.78, 5) is 0. The fourth-order valence-corrected chi connectivity index (χ4v) is 2.12. The lowest BCUT2D eigenvalue weighted by atomic mass is 9.98. The highest BCUT2D eigenvalue weighted by atomic mass is 16.5. The molecule has 0 radical (unpaired) electrons. The first kappa shape index (κ1) is 12.7. The van der Waals surface area contributed by atoms with Crippen molar-refractivity contribution in [3.05, 3.63) is 53.0 Å². The quantitative estimate of drug-likeness (QED) is 0.900. The highest BCUT2D eigenvalue weighted by Crippen LogP contribution is 2.32. The number of rotatable bonds is 4. The molecule has 0 saturated carbocycles. The minimum atomic E-state index is -0.714. The number of aliphatic hydroxyl groups excluding tert-OH is 1. The van der Waals surface area contributed by atoms with Gasteiger partial charge in [-0.25, -0.2) is 0 Å². The van der Waals surface area contributed by atoms with Gasteiger partial charge in [-0.2, -0.15) is 0 Å². The molecule has 1 unspecified atom stereocenters. The third-order valence-electron chi connectivity index (χ3n) is 3.08. The van der Waals surface area contributed by atoms with Crippen molar-refractivity contribution in [3.8, 4) is 5.75 Å². The molecule has 1 atom stereocenters. The monoisotopic (exact) mass is 246 g/mol. The number of methoxy groups -OCH3 is 1. The lowest BCUT2D eigenvalue weighted by Gasteiger charge is -2.15. The number of aliphatic hydroxyl groups is 1. The molecular formula is C15H18O3. The predicted molar refractivity (Wildman–Crippen MR) is 69.9 cm³/mol. The van der Waals surface area contributed by atoms with Crippen LogP contribution in [0.2, 0.25) is 0 Å². The lowest BCUT2D eigenvalue weighted by Crippen LogP contribution is -2.04. The van der Waals surface area contributed by atoms with E-state index < -0.39 is 6.10 Å². The second-order valence-corrected chi connectivity index (χ2v) is 4.30. The Labute approximate surface area is 107 Å². The molecule has 0 amide bonds. The Morgan fingerprint density at radius 3 is 2.72 bits per heavy atom. The summed E-state index contributed by atoms with van der Waals surface area (Å²) in [6, 6.07) is 7.59. The molecule has 18 heavy (non-hydrogen) atoms. The number of hydrogen-bond donors (Lipinski definition) is 1. The number of hydrogen-bond acceptors (Lipinski definition) is 3. The average molecular weight is 246 g/mol. The fraction of sp³-hybridized carbons (Fsp3) is 0.333. The van der Waals surface area contributed by atoms with E-state index in [1.54, 1.807) is 13.4 Å². The van der Waals surface area contributed by atoms with Gasteiger partial charge < -0.3 is 14.3 Å². The van der Waals surface area contributed by atoms with Crippen molar-refractivity contribution in [1.82, 2.24) is 0 Å². The first-order chi connectivity index (χ1) is 8.67. The molecule has 1 heterocycles. The fourth-order valence-electron chi connectivity index (χ4n) is 2.12. The van der Waals surface area contributed by atoms with E-state index in [9.17, 15) is 5.11 Å². The second-order valence-electron chi connectivity index (χ2n) is 4.30. The third kappa shape index (κ3) is 2.27. The van der Waals surface area contributed by atoms with Gasteiger partial charge in [-0.15, -0.1) is 0 Å². The van der Waals surface area contributed by atoms with Gasteiger partial charge in [0, 0.05) is 17.5 Å². The predicted octanol–water partition coefficient (Wildman–Crippen LogP) is 3.24. The average Bonchev–Trinajstić information content (AvgIpc) is 2.86. The van der Waals surface area contributed by atoms with Crippen LogP contribution in [0.3, 0.4) is 0 Å². The van der Waals surface area contributed by atoms with Crippen LogP contribution in [0, 0.1) is 6.92 Å². The molecule has 2 rings (SSSR count). The SMILES string of the molecule is CCc1occc1C(O)c1cc(C)ccc1OC. The Bertz CT molecular complexity index is 528. The van der Waals surface area contributed by atoms with Crippen molar-refractivity contribution in [2.75, 3.05) is 7.11 Å². The van der Waals surface area contributed by atoms with Gasteiger partial charge in [0.25, 0.3) is 0 Å². The lowest BCUT2D eigenvalue weighted by molar-refractivity contribution is 0.212. The van der Waals surface area contributed by atoms with E-state index in [1.807, 2.05) is 38.1 Å². The number of benzene rings is 1. The first-order valence-corrected chi connectivity index (χ1v) is 6.06. The highest BCUT2D eigenvalue weighted by Gasteiger charge is 2.19. The largest absolute Gasteiger partial charge is 0.496 e. The number of aryl methyl sites for hydroxylation is 2. The summed E-state index contributed by atoms with van der Waals surface area (Å²) in [6.45, 7) is 3.99. The van der Waals surface area contributed by atoms with Crippen LogP contribution in [0.25, 0.3) is 0 Å². The van der Waals surface area contributed by atoms with Gasteiger partial charge in [0.2, 0.25) is 0 Å². The molecular weight excluding hydrogens is 228 g/mol. The Hall–Kier alpha value is -1.74. The van der Waals surface area contributed by atoms with E-state index in [0.717, 1.165) is 28.9 Å². The summed E-state index contributed by atoms with van der Waals surface area (Å²) >= 11 is 0. The Morgan fingerprint density at radius 2 is 2.06 bits per heavy atom. The molecule has 3 nitrogen and oxygen atoms in total. The molecule has 1 aromatic heterocycles. The summed E-state index contributed by atoms with van der Waals surface area (Å²) in [5.74, 6) is 1.50. The smallest absolute Gasteiger partial charge is 0.125 e. The van der Waals surface area contributed by atoms with E-state index in [0.29, 0.717) is 5.75 Å². The number of furan rings is 1. The van der Waals surface area contributed by atoms with Crippen LogP contribution in [0.5, 0.6) is 5.75 Å². The van der Waals surface area contributed by atoms with E-state index >= 15 is 0 Å². The zero-order chi connectivity index (χ0) is 13.1. The third-order valence-corrected chi connectivity index (χ3v) is 3.08. The molecule has 0 spiro atoms. The molecule has 0 fully saturated rings. The highest BCUT2D eigenvalue weighted by molar-refractivity contribution is 5.43. The van der Waals surface area contributed by atoms with Crippen LogP contribution in [-0.2, 0) is 6.42 Å². The van der Waals surface area contributed by atoms with E-state index in [-0.39, 0.29) is 0 Å². The summed E-state index contributed by atoms with van der Waals surface area (Å²) < 4.78 is 10.7. The van der Waals surface area contributed by atoms with Gasteiger partial charge in [0.05, 0.1) is 13.4 Å². The van der Waals surface area contributed by atoms with Crippen molar-refractivity contribution in [3.63, 3.8) is 0 Å². The number of ether oxygens (including phenoxy) is 1. The van der Waals surface area contributed by atoms with Crippen molar-refractivity contribution in [1.29, 1.82) is 0 Å². The normalized spacial score (nSPS) is 12.4. The van der Waals surface area contributed by atoms with Crippen molar-refractivity contribution >= 4 is 0 Å².